The van der Waals surface area contributed by atoms with Gasteiger partial charge < -0.3 is 25.0 Å². The number of urea groups is 1. The van der Waals surface area contributed by atoms with E-state index < -0.39 is 6.04 Å². The van der Waals surface area contributed by atoms with Gasteiger partial charge in [0.25, 0.3) is 0 Å². The lowest BCUT2D eigenvalue weighted by Gasteiger charge is -2.33. The summed E-state index contributed by atoms with van der Waals surface area (Å²) in [5.41, 5.74) is 0. The molecular weight excluding hydrogens is 334 g/mol. The molecule has 2 fully saturated rings. The van der Waals surface area contributed by atoms with Crippen molar-refractivity contribution >= 4 is 11.9 Å². The molecular formula is C19H27N3O4. The molecule has 0 aliphatic carbocycles. The first-order valence-corrected chi connectivity index (χ1v) is 9.25. The summed E-state index contributed by atoms with van der Waals surface area (Å²) in [6.45, 7) is 2.73. The Balaban J connectivity index is 1.39. The standard InChI is InChI=1S/C19H27N3O4/c1-25-15-4-6-16(7-5-15)26-13-14-8-11-22(12-9-14)19(24)21-17-3-2-10-20-18(17)23/h4-7,14,17H,2-3,8-13H2,1H3,(H,20,23)(H,21,24). The van der Waals surface area contributed by atoms with E-state index in [9.17, 15) is 9.59 Å². The molecule has 2 saturated heterocycles. The summed E-state index contributed by atoms with van der Waals surface area (Å²) in [5.74, 6) is 1.99. The summed E-state index contributed by atoms with van der Waals surface area (Å²) >= 11 is 0. The van der Waals surface area contributed by atoms with Gasteiger partial charge >= 0.3 is 6.03 Å². The fourth-order valence-corrected chi connectivity index (χ4v) is 3.34. The molecule has 0 spiro atoms. The van der Waals surface area contributed by atoms with Crippen molar-refractivity contribution < 1.29 is 19.1 Å². The van der Waals surface area contributed by atoms with Crippen LogP contribution < -0.4 is 20.1 Å². The Morgan fingerprint density at radius 1 is 1.19 bits per heavy atom. The van der Waals surface area contributed by atoms with Gasteiger partial charge in [-0.1, -0.05) is 0 Å². The molecule has 0 bridgehead atoms. The summed E-state index contributed by atoms with van der Waals surface area (Å²) in [6.07, 6.45) is 3.42. The lowest BCUT2D eigenvalue weighted by atomic mass is 9.98. The smallest absolute Gasteiger partial charge is 0.318 e. The number of amides is 3. The zero-order chi connectivity index (χ0) is 18.4. The first-order valence-electron chi connectivity index (χ1n) is 9.25. The molecule has 1 atom stereocenters. The van der Waals surface area contributed by atoms with Crippen LogP contribution in [-0.4, -0.2) is 56.2 Å². The molecule has 7 heteroatoms. The van der Waals surface area contributed by atoms with Crippen LogP contribution in [0.2, 0.25) is 0 Å². The number of ether oxygens (including phenoxy) is 2. The van der Waals surface area contributed by atoms with E-state index in [0.29, 0.717) is 38.6 Å². The first kappa shape index (κ1) is 18.4. The lowest BCUT2D eigenvalue weighted by molar-refractivity contribution is -0.124. The Hall–Kier alpha value is -2.44. The zero-order valence-corrected chi connectivity index (χ0v) is 15.2. The number of hydrogen-bond donors (Lipinski definition) is 2. The summed E-state index contributed by atoms with van der Waals surface area (Å²) in [6, 6.07) is 7.02. The van der Waals surface area contributed by atoms with E-state index in [0.717, 1.165) is 30.8 Å². The Kier molecular flexibility index (Phi) is 6.20. The predicted octanol–water partition coefficient (Wildman–Crippen LogP) is 1.77. The molecule has 1 aromatic carbocycles. The Labute approximate surface area is 154 Å². The maximum Gasteiger partial charge on any atom is 0.318 e. The minimum atomic E-state index is -0.396. The van der Waals surface area contributed by atoms with E-state index >= 15 is 0 Å². The van der Waals surface area contributed by atoms with Crippen molar-refractivity contribution in [1.82, 2.24) is 15.5 Å². The van der Waals surface area contributed by atoms with E-state index in [1.807, 2.05) is 24.3 Å². The van der Waals surface area contributed by atoms with Gasteiger partial charge in [0.1, 0.15) is 17.5 Å². The number of rotatable bonds is 5. The molecule has 2 N–H and O–H groups in total. The van der Waals surface area contributed by atoms with Gasteiger partial charge in [-0.25, -0.2) is 4.79 Å². The Morgan fingerprint density at radius 2 is 1.88 bits per heavy atom. The number of nitrogens with zero attached hydrogens (tertiary/aromatic N) is 1. The highest BCUT2D eigenvalue weighted by Crippen LogP contribution is 2.21. The van der Waals surface area contributed by atoms with Crippen LogP contribution in [0.25, 0.3) is 0 Å². The van der Waals surface area contributed by atoms with Gasteiger partial charge in [0.2, 0.25) is 5.91 Å². The number of piperidine rings is 2. The van der Waals surface area contributed by atoms with E-state index in [1.54, 1.807) is 12.0 Å². The highest BCUT2D eigenvalue weighted by atomic mass is 16.5. The van der Waals surface area contributed by atoms with E-state index in [4.69, 9.17) is 9.47 Å². The molecule has 1 unspecified atom stereocenters. The van der Waals surface area contributed by atoms with E-state index in [2.05, 4.69) is 10.6 Å². The van der Waals surface area contributed by atoms with Gasteiger partial charge in [-0.15, -0.1) is 0 Å². The lowest BCUT2D eigenvalue weighted by Crippen LogP contribution is -2.54. The van der Waals surface area contributed by atoms with Gasteiger partial charge in [0, 0.05) is 19.6 Å². The average Bonchev–Trinajstić information content (AvgIpc) is 2.69. The van der Waals surface area contributed by atoms with Gasteiger partial charge in [0.15, 0.2) is 0 Å². The summed E-state index contributed by atoms with van der Waals surface area (Å²) in [7, 11) is 1.64. The third-order valence-electron chi connectivity index (χ3n) is 5.03. The fraction of sp³-hybridized carbons (Fsp3) is 0.579. The third kappa shape index (κ3) is 4.80. The second-order valence-corrected chi connectivity index (χ2v) is 6.85. The molecule has 26 heavy (non-hydrogen) atoms. The molecule has 2 heterocycles. The highest BCUT2D eigenvalue weighted by molar-refractivity contribution is 5.87. The van der Waals surface area contributed by atoms with Crippen molar-refractivity contribution in [2.24, 2.45) is 5.92 Å². The molecule has 142 valence electrons. The quantitative estimate of drug-likeness (QED) is 0.838. The molecule has 1 aromatic rings. The third-order valence-corrected chi connectivity index (χ3v) is 5.03. The number of nitrogens with one attached hydrogen (secondary N) is 2. The van der Waals surface area contributed by atoms with E-state index in [-0.39, 0.29) is 11.9 Å². The van der Waals surface area contributed by atoms with Crippen LogP contribution in [-0.2, 0) is 4.79 Å². The van der Waals surface area contributed by atoms with Crippen molar-refractivity contribution in [2.45, 2.75) is 31.7 Å². The van der Waals surface area contributed by atoms with Gasteiger partial charge in [-0.05, 0) is 55.9 Å². The normalized spacial score (nSPS) is 21.0. The average molecular weight is 361 g/mol. The minimum absolute atomic E-state index is 0.0765. The number of methoxy groups -OCH3 is 1. The van der Waals surface area contributed by atoms with Gasteiger partial charge in [-0.3, -0.25) is 4.79 Å². The van der Waals surface area contributed by atoms with Gasteiger partial charge in [0.05, 0.1) is 13.7 Å². The molecule has 7 nitrogen and oxygen atoms in total. The largest absolute Gasteiger partial charge is 0.497 e. The molecule has 3 rings (SSSR count). The van der Waals surface area contributed by atoms with Crippen LogP contribution in [0.5, 0.6) is 11.5 Å². The molecule has 0 saturated carbocycles. The van der Waals surface area contributed by atoms with Crippen LogP contribution >= 0.6 is 0 Å². The van der Waals surface area contributed by atoms with Crippen molar-refractivity contribution in [1.29, 1.82) is 0 Å². The number of hydrogen-bond acceptors (Lipinski definition) is 4. The topological polar surface area (TPSA) is 79.9 Å². The van der Waals surface area contributed by atoms with Crippen LogP contribution in [0.1, 0.15) is 25.7 Å². The van der Waals surface area contributed by atoms with Crippen LogP contribution in [0.4, 0.5) is 4.79 Å². The maximum absolute atomic E-state index is 12.3. The van der Waals surface area contributed by atoms with Crippen molar-refractivity contribution in [3.05, 3.63) is 24.3 Å². The fourth-order valence-electron chi connectivity index (χ4n) is 3.34. The predicted molar refractivity (Wildman–Crippen MR) is 97.3 cm³/mol. The molecule has 0 radical (unpaired) electrons. The SMILES string of the molecule is COc1ccc(OCC2CCN(C(=O)NC3CCCNC3=O)CC2)cc1. The molecule has 0 aromatic heterocycles. The van der Waals surface area contributed by atoms with Crippen LogP contribution in [0.3, 0.4) is 0 Å². The first-order chi connectivity index (χ1) is 12.7. The second-order valence-electron chi connectivity index (χ2n) is 6.85. The Bertz CT molecular complexity index is 612. The number of carbonyl (C=O) groups excluding carboxylic acids is 2. The summed E-state index contributed by atoms with van der Waals surface area (Å²) in [4.78, 5) is 25.9. The maximum atomic E-state index is 12.3. The number of benzene rings is 1. The monoisotopic (exact) mass is 361 g/mol. The summed E-state index contributed by atoms with van der Waals surface area (Å²) in [5, 5.41) is 5.64. The van der Waals surface area contributed by atoms with Crippen LogP contribution in [0, 0.1) is 5.92 Å². The van der Waals surface area contributed by atoms with Gasteiger partial charge in [-0.2, -0.15) is 0 Å². The number of likely N-dealkylation sites (tertiary alicyclic amines) is 1. The van der Waals surface area contributed by atoms with Crippen LogP contribution in [0.15, 0.2) is 24.3 Å². The van der Waals surface area contributed by atoms with Crippen molar-refractivity contribution in [3.8, 4) is 11.5 Å². The zero-order valence-electron chi connectivity index (χ0n) is 15.2. The summed E-state index contributed by atoms with van der Waals surface area (Å²) < 4.78 is 11.0. The molecule has 2 aliphatic heterocycles. The molecule has 3 amide bonds. The Morgan fingerprint density at radius 3 is 2.54 bits per heavy atom. The second kappa shape index (κ2) is 8.78. The van der Waals surface area contributed by atoms with Crippen molar-refractivity contribution in [2.75, 3.05) is 33.4 Å². The van der Waals surface area contributed by atoms with Crippen molar-refractivity contribution in [3.63, 3.8) is 0 Å². The highest BCUT2D eigenvalue weighted by Gasteiger charge is 2.28. The minimum Gasteiger partial charge on any atom is -0.497 e. The molecule has 2 aliphatic rings. The van der Waals surface area contributed by atoms with E-state index in [1.165, 1.54) is 0 Å². The number of carbonyl (C=O) groups is 2.